The highest BCUT2D eigenvalue weighted by Crippen LogP contribution is 2.40. The Morgan fingerprint density at radius 3 is 2.36 bits per heavy atom. The predicted molar refractivity (Wildman–Crippen MR) is 109 cm³/mol. The largest absolute Gasteiger partial charge is 0.493 e. The van der Waals surface area contributed by atoms with Crippen LogP contribution in [0.5, 0.6) is 17.2 Å². The number of carbonyl (C=O) groups is 1. The maximum Gasteiger partial charge on any atom is 0.248 e. The Bertz CT molecular complexity index is 994. The summed E-state index contributed by atoms with van der Waals surface area (Å²) in [6.07, 6.45) is 4.00. The van der Waals surface area contributed by atoms with Gasteiger partial charge in [-0.2, -0.15) is 0 Å². The summed E-state index contributed by atoms with van der Waals surface area (Å²) in [6, 6.07) is 11.1. The molecule has 6 nitrogen and oxygen atoms in total. The Morgan fingerprint density at radius 1 is 1.07 bits per heavy atom. The average Bonchev–Trinajstić information content (AvgIpc) is 3.09. The van der Waals surface area contributed by atoms with Gasteiger partial charge in [0.2, 0.25) is 11.7 Å². The van der Waals surface area contributed by atoms with E-state index in [4.69, 9.17) is 18.6 Å². The first-order chi connectivity index (χ1) is 13.6. The van der Waals surface area contributed by atoms with E-state index in [9.17, 15) is 4.79 Å². The Balaban J connectivity index is 1.85. The lowest BCUT2D eigenvalue weighted by Crippen LogP contribution is -2.08. The van der Waals surface area contributed by atoms with Crippen molar-refractivity contribution in [2.45, 2.75) is 13.3 Å². The van der Waals surface area contributed by atoms with Crippen LogP contribution < -0.4 is 19.5 Å². The molecular weight excluding hydrogens is 358 g/mol. The van der Waals surface area contributed by atoms with Gasteiger partial charge < -0.3 is 23.9 Å². The molecule has 1 heterocycles. The fourth-order valence-corrected chi connectivity index (χ4v) is 3.06. The molecule has 0 spiro atoms. The number of para-hydroxylation sites is 1. The van der Waals surface area contributed by atoms with Gasteiger partial charge in [0.1, 0.15) is 11.3 Å². The number of carbonyl (C=O) groups excluding carboxylic acids is 1. The summed E-state index contributed by atoms with van der Waals surface area (Å²) < 4.78 is 21.8. The third-order valence-corrected chi connectivity index (χ3v) is 4.37. The summed E-state index contributed by atoms with van der Waals surface area (Å²) in [6.45, 7) is 2.02. The van der Waals surface area contributed by atoms with Gasteiger partial charge in [-0.15, -0.1) is 0 Å². The molecule has 0 bridgehead atoms. The number of fused-ring (bicyclic) bond motifs is 1. The lowest BCUT2D eigenvalue weighted by molar-refractivity contribution is -0.111. The molecule has 2 aromatic carbocycles. The molecule has 0 fully saturated rings. The molecule has 0 aliphatic carbocycles. The van der Waals surface area contributed by atoms with Gasteiger partial charge in [0.15, 0.2) is 11.5 Å². The molecule has 1 amide bonds. The molecule has 3 aromatic rings. The third-order valence-electron chi connectivity index (χ3n) is 4.37. The lowest BCUT2D eigenvalue weighted by Gasteiger charge is -2.14. The fourth-order valence-electron chi connectivity index (χ4n) is 3.06. The second-order valence-corrected chi connectivity index (χ2v) is 6.03. The number of nitrogens with one attached hydrogen (secondary N) is 1. The molecule has 0 aliphatic heterocycles. The summed E-state index contributed by atoms with van der Waals surface area (Å²) in [5.74, 6) is 1.97. The number of hydrogen-bond acceptors (Lipinski definition) is 5. The molecule has 0 aliphatic rings. The van der Waals surface area contributed by atoms with E-state index in [-0.39, 0.29) is 5.91 Å². The number of ether oxygens (including phenoxy) is 3. The standard InChI is InChI=1S/C22H23NO5/c1-5-17-16(15-8-6-7-9-18(15)28-17)10-11-21(24)23-14-12-19(25-2)22(27-4)20(13-14)26-3/h6-13H,5H2,1-4H3,(H,23,24)/b11-10+. The summed E-state index contributed by atoms with van der Waals surface area (Å²) >= 11 is 0. The van der Waals surface area contributed by atoms with Crippen LogP contribution in [0, 0.1) is 0 Å². The zero-order valence-corrected chi connectivity index (χ0v) is 16.4. The first-order valence-corrected chi connectivity index (χ1v) is 8.90. The average molecular weight is 381 g/mol. The number of benzene rings is 2. The van der Waals surface area contributed by atoms with Crippen molar-refractivity contribution in [3.63, 3.8) is 0 Å². The van der Waals surface area contributed by atoms with Gasteiger partial charge in [0.05, 0.1) is 21.3 Å². The SMILES string of the molecule is CCc1oc2ccccc2c1/C=C/C(=O)Nc1cc(OC)c(OC)c(OC)c1. The molecule has 3 rings (SSSR count). The van der Waals surface area contributed by atoms with Crippen LogP contribution in [0.4, 0.5) is 5.69 Å². The predicted octanol–water partition coefficient (Wildman–Crippen LogP) is 4.67. The van der Waals surface area contributed by atoms with Crippen molar-refractivity contribution < 1.29 is 23.4 Å². The van der Waals surface area contributed by atoms with Gasteiger partial charge in [-0.3, -0.25) is 4.79 Å². The maximum atomic E-state index is 12.5. The Hall–Kier alpha value is -3.41. The number of hydrogen-bond donors (Lipinski definition) is 1. The van der Waals surface area contributed by atoms with Crippen molar-refractivity contribution in [1.29, 1.82) is 0 Å². The maximum absolute atomic E-state index is 12.5. The first kappa shape index (κ1) is 19.4. The first-order valence-electron chi connectivity index (χ1n) is 8.90. The van der Waals surface area contributed by atoms with E-state index >= 15 is 0 Å². The lowest BCUT2D eigenvalue weighted by atomic mass is 10.1. The van der Waals surface area contributed by atoms with Gasteiger partial charge in [-0.05, 0) is 12.1 Å². The summed E-state index contributed by atoms with van der Waals surface area (Å²) in [5.41, 5.74) is 2.26. The molecule has 1 aromatic heterocycles. The highest BCUT2D eigenvalue weighted by molar-refractivity contribution is 6.03. The highest BCUT2D eigenvalue weighted by Gasteiger charge is 2.14. The van der Waals surface area contributed by atoms with Crippen LogP contribution in [0.3, 0.4) is 0 Å². The molecule has 0 atom stereocenters. The van der Waals surface area contributed by atoms with Gasteiger partial charge in [0, 0.05) is 41.3 Å². The fraction of sp³-hybridized carbons (Fsp3) is 0.227. The number of rotatable bonds is 7. The number of methoxy groups -OCH3 is 3. The molecule has 0 radical (unpaired) electrons. The minimum absolute atomic E-state index is 0.276. The summed E-state index contributed by atoms with van der Waals surface area (Å²) in [7, 11) is 4.58. The van der Waals surface area contributed by atoms with Crippen LogP contribution in [0.1, 0.15) is 18.2 Å². The minimum Gasteiger partial charge on any atom is -0.493 e. The van der Waals surface area contributed by atoms with Gasteiger partial charge in [-0.1, -0.05) is 25.1 Å². The van der Waals surface area contributed by atoms with E-state index < -0.39 is 0 Å². The zero-order valence-electron chi connectivity index (χ0n) is 16.4. The highest BCUT2D eigenvalue weighted by atomic mass is 16.5. The summed E-state index contributed by atoms with van der Waals surface area (Å²) in [5, 5.41) is 3.80. The molecule has 28 heavy (non-hydrogen) atoms. The van der Waals surface area contributed by atoms with Crippen LogP contribution in [-0.4, -0.2) is 27.2 Å². The van der Waals surface area contributed by atoms with Crippen molar-refractivity contribution in [2.75, 3.05) is 26.6 Å². The second kappa shape index (κ2) is 8.52. The van der Waals surface area contributed by atoms with E-state index in [1.807, 2.05) is 31.2 Å². The molecule has 0 saturated carbocycles. The van der Waals surface area contributed by atoms with Crippen molar-refractivity contribution in [3.8, 4) is 17.2 Å². The van der Waals surface area contributed by atoms with E-state index in [0.717, 1.165) is 28.7 Å². The quantitative estimate of drug-likeness (QED) is 0.602. The second-order valence-electron chi connectivity index (χ2n) is 6.03. The third kappa shape index (κ3) is 3.81. The van der Waals surface area contributed by atoms with E-state index in [0.29, 0.717) is 22.9 Å². The van der Waals surface area contributed by atoms with E-state index in [1.54, 1.807) is 18.2 Å². The Morgan fingerprint density at radius 2 is 1.75 bits per heavy atom. The normalized spacial score (nSPS) is 11.0. The molecule has 0 saturated heterocycles. The number of aryl methyl sites for hydroxylation is 1. The van der Waals surface area contributed by atoms with Crippen LogP contribution in [0.2, 0.25) is 0 Å². The molecule has 1 N–H and O–H groups in total. The number of amides is 1. The van der Waals surface area contributed by atoms with Gasteiger partial charge >= 0.3 is 0 Å². The number of furan rings is 1. The molecule has 0 unspecified atom stereocenters. The Labute approximate surface area is 163 Å². The van der Waals surface area contributed by atoms with Crippen LogP contribution in [0.25, 0.3) is 17.0 Å². The van der Waals surface area contributed by atoms with Crippen molar-refractivity contribution in [3.05, 3.63) is 53.8 Å². The summed E-state index contributed by atoms with van der Waals surface area (Å²) in [4.78, 5) is 12.5. The molecule has 146 valence electrons. The van der Waals surface area contributed by atoms with Crippen LogP contribution in [0.15, 0.2) is 46.9 Å². The smallest absolute Gasteiger partial charge is 0.248 e. The van der Waals surface area contributed by atoms with Gasteiger partial charge in [0.25, 0.3) is 0 Å². The van der Waals surface area contributed by atoms with Crippen molar-refractivity contribution in [2.24, 2.45) is 0 Å². The topological polar surface area (TPSA) is 69.9 Å². The molecule has 6 heteroatoms. The van der Waals surface area contributed by atoms with Crippen LogP contribution >= 0.6 is 0 Å². The molecular formula is C22H23NO5. The number of anilines is 1. The zero-order chi connectivity index (χ0) is 20.1. The minimum atomic E-state index is -0.276. The van der Waals surface area contributed by atoms with Crippen molar-refractivity contribution in [1.82, 2.24) is 0 Å². The van der Waals surface area contributed by atoms with Crippen LogP contribution in [-0.2, 0) is 11.2 Å². The Kier molecular flexibility index (Phi) is 5.89. The van der Waals surface area contributed by atoms with E-state index in [1.165, 1.54) is 27.4 Å². The van der Waals surface area contributed by atoms with Crippen molar-refractivity contribution >= 4 is 28.6 Å². The monoisotopic (exact) mass is 381 g/mol. The van der Waals surface area contributed by atoms with Gasteiger partial charge in [-0.25, -0.2) is 0 Å². The van der Waals surface area contributed by atoms with E-state index in [2.05, 4.69) is 5.32 Å².